The van der Waals surface area contributed by atoms with Crippen LogP contribution in [-0.4, -0.2) is 16.0 Å². The summed E-state index contributed by atoms with van der Waals surface area (Å²) in [5.74, 6) is 0.253. The molecule has 0 aliphatic carbocycles. The summed E-state index contributed by atoms with van der Waals surface area (Å²) in [6.07, 6.45) is 5.74. The zero-order valence-electron chi connectivity index (χ0n) is 14.2. The van der Waals surface area contributed by atoms with Crippen molar-refractivity contribution in [2.75, 3.05) is 0 Å². The summed E-state index contributed by atoms with van der Waals surface area (Å²) >= 11 is 0. The van der Waals surface area contributed by atoms with Gasteiger partial charge in [-0.1, -0.05) is 29.9 Å². The van der Waals surface area contributed by atoms with Crippen LogP contribution in [0.2, 0.25) is 0 Å². The molecule has 2 rings (SSSR count). The number of carbonyl (C=O) groups is 1. The minimum Gasteiger partial charge on any atom is -0.508 e. The standard InChI is InChI=1S/C21H22O3/c1-14(2)4-8-17-13-18(9-11-20(17)23)19(22)10-7-16-6-5-15(3)21(24)12-16/h4-7,9-13,23-24H,8H2,1-3H3/b10-7+. The number of benzene rings is 2. The lowest BCUT2D eigenvalue weighted by atomic mass is 10.0. The smallest absolute Gasteiger partial charge is 0.185 e. The molecule has 0 aliphatic heterocycles. The number of allylic oxidation sites excluding steroid dienone is 3. The molecule has 0 fully saturated rings. The molecule has 0 heterocycles. The zero-order valence-corrected chi connectivity index (χ0v) is 14.2. The van der Waals surface area contributed by atoms with Gasteiger partial charge in [-0.3, -0.25) is 4.79 Å². The Balaban J connectivity index is 2.20. The van der Waals surface area contributed by atoms with E-state index in [1.165, 1.54) is 6.08 Å². The molecular formula is C21H22O3. The molecule has 0 aliphatic rings. The molecule has 2 aromatic carbocycles. The fraction of sp³-hybridized carbons (Fsp3) is 0.190. The maximum absolute atomic E-state index is 12.3. The van der Waals surface area contributed by atoms with Gasteiger partial charge < -0.3 is 10.2 Å². The summed E-state index contributed by atoms with van der Waals surface area (Å²) < 4.78 is 0. The highest BCUT2D eigenvalue weighted by molar-refractivity contribution is 6.07. The first-order valence-corrected chi connectivity index (χ1v) is 7.84. The summed E-state index contributed by atoms with van der Waals surface area (Å²) in [5.41, 5.74) is 3.96. The van der Waals surface area contributed by atoms with Crippen molar-refractivity contribution in [2.24, 2.45) is 0 Å². The van der Waals surface area contributed by atoms with E-state index in [1.807, 2.05) is 32.9 Å². The fourth-order valence-corrected chi connectivity index (χ4v) is 2.21. The van der Waals surface area contributed by atoms with Crippen molar-refractivity contribution in [3.8, 4) is 11.5 Å². The van der Waals surface area contributed by atoms with Crippen LogP contribution in [0.25, 0.3) is 6.08 Å². The third-order valence-corrected chi connectivity index (χ3v) is 3.75. The third-order valence-electron chi connectivity index (χ3n) is 3.75. The van der Waals surface area contributed by atoms with Gasteiger partial charge in [0.05, 0.1) is 0 Å². The van der Waals surface area contributed by atoms with Gasteiger partial charge in [-0.25, -0.2) is 0 Å². The number of carbonyl (C=O) groups excluding carboxylic acids is 1. The molecular weight excluding hydrogens is 300 g/mol. The van der Waals surface area contributed by atoms with E-state index in [1.54, 1.807) is 36.4 Å². The molecule has 0 saturated carbocycles. The highest BCUT2D eigenvalue weighted by Crippen LogP contribution is 2.21. The van der Waals surface area contributed by atoms with Crippen LogP contribution in [0.5, 0.6) is 11.5 Å². The van der Waals surface area contributed by atoms with Crippen LogP contribution in [0, 0.1) is 6.92 Å². The zero-order chi connectivity index (χ0) is 17.7. The SMILES string of the molecule is CC(C)=CCc1cc(C(=O)/C=C/c2ccc(C)c(O)c2)ccc1O. The van der Waals surface area contributed by atoms with Crippen LogP contribution in [0.3, 0.4) is 0 Å². The van der Waals surface area contributed by atoms with Crippen LogP contribution < -0.4 is 0 Å². The Morgan fingerprint density at radius 2 is 1.79 bits per heavy atom. The molecule has 0 radical (unpaired) electrons. The summed E-state index contributed by atoms with van der Waals surface area (Å²) in [5, 5.41) is 19.6. The van der Waals surface area contributed by atoms with E-state index in [2.05, 4.69) is 0 Å². The lowest BCUT2D eigenvalue weighted by molar-refractivity contribution is 0.104. The first-order valence-electron chi connectivity index (χ1n) is 7.84. The van der Waals surface area contributed by atoms with Crippen molar-refractivity contribution in [1.29, 1.82) is 0 Å². The van der Waals surface area contributed by atoms with Crippen LogP contribution >= 0.6 is 0 Å². The Bertz CT molecular complexity index is 810. The Morgan fingerprint density at radius 3 is 2.46 bits per heavy atom. The van der Waals surface area contributed by atoms with Crippen LogP contribution in [0.4, 0.5) is 0 Å². The van der Waals surface area contributed by atoms with Gasteiger partial charge in [-0.2, -0.15) is 0 Å². The van der Waals surface area contributed by atoms with E-state index < -0.39 is 0 Å². The van der Waals surface area contributed by atoms with E-state index in [9.17, 15) is 15.0 Å². The molecule has 0 spiro atoms. The number of phenols is 2. The van der Waals surface area contributed by atoms with E-state index >= 15 is 0 Å². The largest absolute Gasteiger partial charge is 0.508 e. The van der Waals surface area contributed by atoms with Crippen molar-refractivity contribution < 1.29 is 15.0 Å². The maximum Gasteiger partial charge on any atom is 0.185 e. The first-order chi connectivity index (χ1) is 11.4. The Kier molecular flexibility index (Phi) is 5.59. The minimum atomic E-state index is -0.145. The van der Waals surface area contributed by atoms with Crippen molar-refractivity contribution in [3.05, 3.63) is 76.4 Å². The second kappa shape index (κ2) is 7.64. The van der Waals surface area contributed by atoms with Crippen LogP contribution in [0.15, 0.2) is 54.1 Å². The predicted molar refractivity (Wildman–Crippen MR) is 97.5 cm³/mol. The van der Waals surface area contributed by atoms with Gasteiger partial charge in [-0.05, 0) is 74.2 Å². The van der Waals surface area contributed by atoms with E-state index in [4.69, 9.17) is 0 Å². The number of aromatic hydroxyl groups is 2. The predicted octanol–water partition coefficient (Wildman–Crippen LogP) is 4.81. The Hall–Kier alpha value is -2.81. The maximum atomic E-state index is 12.3. The number of rotatable bonds is 5. The number of phenolic OH excluding ortho intramolecular Hbond substituents is 2. The normalized spacial score (nSPS) is 10.8. The van der Waals surface area contributed by atoms with Gasteiger partial charge in [0.25, 0.3) is 0 Å². The average molecular weight is 322 g/mol. The van der Waals surface area contributed by atoms with Gasteiger partial charge in [0.1, 0.15) is 11.5 Å². The molecule has 0 aromatic heterocycles. The highest BCUT2D eigenvalue weighted by Gasteiger charge is 2.07. The molecule has 0 saturated heterocycles. The second-order valence-corrected chi connectivity index (χ2v) is 6.07. The quantitative estimate of drug-likeness (QED) is 0.472. The fourth-order valence-electron chi connectivity index (χ4n) is 2.21. The van der Waals surface area contributed by atoms with Gasteiger partial charge >= 0.3 is 0 Å². The number of aryl methyl sites for hydroxylation is 1. The Morgan fingerprint density at radius 1 is 1.04 bits per heavy atom. The van der Waals surface area contributed by atoms with Gasteiger partial charge in [0.15, 0.2) is 5.78 Å². The lowest BCUT2D eigenvalue weighted by Gasteiger charge is -2.05. The molecule has 0 bridgehead atoms. The number of hydrogen-bond acceptors (Lipinski definition) is 3. The van der Waals surface area contributed by atoms with Crippen molar-refractivity contribution >= 4 is 11.9 Å². The molecule has 0 atom stereocenters. The topological polar surface area (TPSA) is 57.5 Å². The Labute approximate surface area is 142 Å². The summed E-state index contributed by atoms with van der Waals surface area (Å²) in [4.78, 5) is 12.3. The number of hydrogen-bond donors (Lipinski definition) is 2. The van der Waals surface area contributed by atoms with E-state index in [-0.39, 0.29) is 17.3 Å². The monoisotopic (exact) mass is 322 g/mol. The lowest BCUT2D eigenvalue weighted by Crippen LogP contribution is -1.96. The minimum absolute atomic E-state index is 0.145. The summed E-state index contributed by atoms with van der Waals surface area (Å²) in [7, 11) is 0. The molecule has 124 valence electrons. The highest BCUT2D eigenvalue weighted by atomic mass is 16.3. The van der Waals surface area contributed by atoms with Gasteiger partial charge in [0.2, 0.25) is 0 Å². The molecule has 2 aromatic rings. The van der Waals surface area contributed by atoms with E-state index in [0.29, 0.717) is 12.0 Å². The third kappa shape index (κ3) is 4.59. The second-order valence-electron chi connectivity index (χ2n) is 6.07. The van der Waals surface area contributed by atoms with Crippen LogP contribution in [-0.2, 0) is 6.42 Å². The molecule has 3 nitrogen and oxygen atoms in total. The molecule has 3 heteroatoms. The van der Waals surface area contributed by atoms with Gasteiger partial charge in [-0.15, -0.1) is 0 Å². The van der Waals surface area contributed by atoms with Gasteiger partial charge in [0, 0.05) is 5.56 Å². The summed E-state index contributed by atoms with van der Waals surface area (Å²) in [6, 6.07) is 10.1. The van der Waals surface area contributed by atoms with Crippen LogP contribution in [0.1, 0.15) is 40.9 Å². The average Bonchev–Trinajstić information content (AvgIpc) is 2.54. The number of ketones is 1. The summed E-state index contributed by atoms with van der Waals surface area (Å²) in [6.45, 7) is 5.80. The van der Waals surface area contributed by atoms with E-state index in [0.717, 1.165) is 22.3 Å². The van der Waals surface area contributed by atoms with Crippen molar-refractivity contribution in [1.82, 2.24) is 0 Å². The molecule has 2 N–H and O–H groups in total. The molecule has 0 unspecified atom stereocenters. The first kappa shape index (κ1) is 17.5. The molecule has 24 heavy (non-hydrogen) atoms. The van der Waals surface area contributed by atoms with Crippen molar-refractivity contribution in [3.63, 3.8) is 0 Å². The molecule has 0 amide bonds. The van der Waals surface area contributed by atoms with Crippen molar-refractivity contribution in [2.45, 2.75) is 27.2 Å².